The van der Waals surface area contributed by atoms with Crippen molar-refractivity contribution in [2.24, 2.45) is 0 Å². The molecule has 1 aromatic carbocycles. The SMILES string of the molecule is CC(CCO)NC(=O)Cc1c[nH]c2ccc(Br)cc12. The molecule has 2 aromatic rings. The van der Waals surface area contributed by atoms with E-state index in [2.05, 4.69) is 26.2 Å². The molecular weight excluding hydrogens is 308 g/mol. The lowest BCUT2D eigenvalue weighted by Crippen LogP contribution is -2.34. The van der Waals surface area contributed by atoms with E-state index in [1.165, 1.54) is 0 Å². The molecule has 1 heterocycles. The molecule has 102 valence electrons. The number of aliphatic hydroxyl groups excluding tert-OH is 1. The number of nitrogens with one attached hydrogen (secondary N) is 2. The summed E-state index contributed by atoms with van der Waals surface area (Å²) in [4.78, 5) is 15.1. The molecule has 0 saturated carbocycles. The Kier molecular flexibility index (Phi) is 4.61. The van der Waals surface area contributed by atoms with Gasteiger partial charge >= 0.3 is 0 Å². The molecule has 0 fully saturated rings. The second kappa shape index (κ2) is 6.21. The standard InChI is InChI=1S/C14H17BrN2O2/c1-9(4-5-18)17-14(19)6-10-8-16-13-3-2-11(15)7-12(10)13/h2-3,7-9,16,18H,4-6H2,1H3,(H,17,19). The number of carbonyl (C=O) groups is 1. The number of halogens is 1. The Balaban J connectivity index is 2.08. The minimum atomic E-state index is -0.0261. The van der Waals surface area contributed by atoms with E-state index in [1.807, 2.05) is 31.3 Å². The van der Waals surface area contributed by atoms with Crippen LogP contribution in [0.2, 0.25) is 0 Å². The summed E-state index contributed by atoms with van der Waals surface area (Å²) in [7, 11) is 0. The molecule has 0 spiro atoms. The second-order valence-electron chi connectivity index (χ2n) is 4.66. The van der Waals surface area contributed by atoms with Gasteiger partial charge in [-0.2, -0.15) is 0 Å². The van der Waals surface area contributed by atoms with Crippen LogP contribution in [0.4, 0.5) is 0 Å². The van der Waals surface area contributed by atoms with Crippen molar-refractivity contribution in [3.8, 4) is 0 Å². The second-order valence-corrected chi connectivity index (χ2v) is 5.58. The lowest BCUT2D eigenvalue weighted by molar-refractivity contribution is -0.121. The summed E-state index contributed by atoms with van der Waals surface area (Å²) in [5.41, 5.74) is 2.00. The highest BCUT2D eigenvalue weighted by molar-refractivity contribution is 9.10. The number of fused-ring (bicyclic) bond motifs is 1. The lowest BCUT2D eigenvalue weighted by atomic mass is 10.1. The Hall–Kier alpha value is -1.33. The van der Waals surface area contributed by atoms with E-state index in [-0.39, 0.29) is 18.6 Å². The summed E-state index contributed by atoms with van der Waals surface area (Å²) >= 11 is 3.44. The highest BCUT2D eigenvalue weighted by Gasteiger charge is 2.11. The highest BCUT2D eigenvalue weighted by Crippen LogP contribution is 2.23. The maximum absolute atomic E-state index is 11.9. The number of carbonyl (C=O) groups excluding carboxylic acids is 1. The first-order chi connectivity index (χ1) is 9.10. The summed E-state index contributed by atoms with van der Waals surface area (Å²) < 4.78 is 0.995. The van der Waals surface area contributed by atoms with Crippen molar-refractivity contribution in [2.75, 3.05) is 6.61 Å². The number of H-pyrrole nitrogens is 1. The summed E-state index contributed by atoms with van der Waals surface area (Å²) in [6.07, 6.45) is 2.78. The molecule has 3 N–H and O–H groups in total. The molecule has 5 heteroatoms. The maximum Gasteiger partial charge on any atom is 0.224 e. The average molecular weight is 325 g/mol. The van der Waals surface area contributed by atoms with E-state index in [1.54, 1.807) is 0 Å². The van der Waals surface area contributed by atoms with Crippen LogP contribution < -0.4 is 5.32 Å². The van der Waals surface area contributed by atoms with Gasteiger partial charge < -0.3 is 15.4 Å². The van der Waals surface area contributed by atoms with Gasteiger partial charge in [0.15, 0.2) is 0 Å². The molecule has 19 heavy (non-hydrogen) atoms. The van der Waals surface area contributed by atoms with Crippen LogP contribution >= 0.6 is 15.9 Å². The first kappa shape index (κ1) is 14.1. The van der Waals surface area contributed by atoms with Crippen molar-refractivity contribution in [1.29, 1.82) is 0 Å². The normalized spacial score (nSPS) is 12.6. The minimum Gasteiger partial charge on any atom is -0.396 e. The molecule has 0 aliphatic rings. The fourth-order valence-corrected chi connectivity index (χ4v) is 2.42. The Bertz CT molecular complexity index is 580. The van der Waals surface area contributed by atoms with Gasteiger partial charge in [0.2, 0.25) is 5.91 Å². The largest absolute Gasteiger partial charge is 0.396 e. The number of aromatic amines is 1. The molecule has 0 saturated heterocycles. The molecule has 4 nitrogen and oxygen atoms in total. The third-order valence-corrected chi connectivity index (χ3v) is 3.54. The van der Waals surface area contributed by atoms with E-state index in [0.29, 0.717) is 12.8 Å². The van der Waals surface area contributed by atoms with Crippen LogP contribution in [0.1, 0.15) is 18.9 Å². The summed E-state index contributed by atoms with van der Waals surface area (Å²) in [6, 6.07) is 5.95. The van der Waals surface area contributed by atoms with Crippen LogP contribution in [0.25, 0.3) is 10.9 Å². The highest BCUT2D eigenvalue weighted by atomic mass is 79.9. The number of rotatable bonds is 5. The number of hydrogen-bond donors (Lipinski definition) is 3. The molecule has 1 atom stereocenters. The average Bonchev–Trinajstić information content (AvgIpc) is 2.72. The van der Waals surface area contributed by atoms with E-state index in [9.17, 15) is 4.79 Å². The molecule has 1 unspecified atom stereocenters. The molecule has 0 bridgehead atoms. The topological polar surface area (TPSA) is 65.1 Å². The van der Waals surface area contributed by atoms with Crippen LogP contribution in [-0.4, -0.2) is 28.6 Å². The monoisotopic (exact) mass is 324 g/mol. The summed E-state index contributed by atoms with van der Waals surface area (Å²) in [6.45, 7) is 1.97. The van der Waals surface area contributed by atoms with Crippen LogP contribution in [0.3, 0.4) is 0 Å². The smallest absolute Gasteiger partial charge is 0.224 e. The summed E-state index contributed by atoms with van der Waals surface area (Å²) in [5.74, 6) is -0.0261. The van der Waals surface area contributed by atoms with Gasteiger partial charge in [-0.15, -0.1) is 0 Å². The number of aliphatic hydroxyl groups is 1. The number of hydrogen-bond acceptors (Lipinski definition) is 2. The van der Waals surface area contributed by atoms with E-state index >= 15 is 0 Å². The van der Waals surface area contributed by atoms with Crippen molar-refractivity contribution < 1.29 is 9.90 Å². The molecule has 2 rings (SSSR count). The zero-order chi connectivity index (χ0) is 13.8. The molecule has 1 amide bonds. The first-order valence-electron chi connectivity index (χ1n) is 6.26. The third kappa shape index (κ3) is 3.58. The molecule has 0 aliphatic carbocycles. The van der Waals surface area contributed by atoms with Gasteiger partial charge in [0.1, 0.15) is 0 Å². The van der Waals surface area contributed by atoms with Crippen molar-refractivity contribution >= 4 is 32.7 Å². The van der Waals surface area contributed by atoms with Gasteiger partial charge in [-0.3, -0.25) is 4.79 Å². The maximum atomic E-state index is 11.9. The van der Waals surface area contributed by atoms with E-state index in [0.717, 1.165) is 20.9 Å². The van der Waals surface area contributed by atoms with E-state index < -0.39 is 0 Å². The van der Waals surface area contributed by atoms with Gasteiger partial charge in [0, 0.05) is 34.2 Å². The van der Waals surface area contributed by atoms with Gasteiger partial charge in [0.05, 0.1) is 6.42 Å². The van der Waals surface area contributed by atoms with Gasteiger partial charge in [-0.1, -0.05) is 15.9 Å². The van der Waals surface area contributed by atoms with E-state index in [4.69, 9.17) is 5.11 Å². The number of benzene rings is 1. The van der Waals surface area contributed by atoms with Gasteiger partial charge in [-0.25, -0.2) is 0 Å². The minimum absolute atomic E-state index is 0.00515. The first-order valence-corrected chi connectivity index (χ1v) is 7.05. The Morgan fingerprint density at radius 1 is 1.53 bits per heavy atom. The van der Waals surface area contributed by atoms with Crippen LogP contribution in [0.5, 0.6) is 0 Å². The third-order valence-electron chi connectivity index (χ3n) is 3.05. The van der Waals surface area contributed by atoms with Crippen molar-refractivity contribution in [3.05, 3.63) is 34.4 Å². The Labute approximate surface area is 120 Å². The van der Waals surface area contributed by atoms with Crippen molar-refractivity contribution in [1.82, 2.24) is 10.3 Å². The predicted octanol–water partition coefficient (Wildman–Crippen LogP) is 2.36. The van der Waals surface area contributed by atoms with Crippen LogP contribution in [0.15, 0.2) is 28.9 Å². The molecule has 0 aliphatic heterocycles. The van der Waals surface area contributed by atoms with Crippen molar-refractivity contribution in [2.45, 2.75) is 25.8 Å². The van der Waals surface area contributed by atoms with Crippen molar-refractivity contribution in [3.63, 3.8) is 0 Å². The summed E-state index contributed by atoms with van der Waals surface area (Å²) in [5, 5.41) is 12.7. The Morgan fingerprint density at radius 2 is 2.32 bits per heavy atom. The Morgan fingerprint density at radius 3 is 3.05 bits per heavy atom. The number of aromatic nitrogens is 1. The quantitative estimate of drug-likeness (QED) is 0.790. The fraction of sp³-hybridized carbons (Fsp3) is 0.357. The van der Waals surface area contributed by atoms with Gasteiger partial charge in [-0.05, 0) is 37.1 Å². The van der Waals surface area contributed by atoms with Crippen LogP contribution in [0, 0.1) is 0 Å². The lowest BCUT2D eigenvalue weighted by Gasteiger charge is -2.11. The zero-order valence-corrected chi connectivity index (χ0v) is 12.3. The molecular formula is C14H17BrN2O2. The molecule has 0 radical (unpaired) electrons. The fourth-order valence-electron chi connectivity index (χ4n) is 2.06. The zero-order valence-electron chi connectivity index (χ0n) is 10.7. The predicted molar refractivity (Wildman–Crippen MR) is 79.0 cm³/mol. The van der Waals surface area contributed by atoms with Gasteiger partial charge in [0.25, 0.3) is 0 Å². The van der Waals surface area contributed by atoms with Crippen LogP contribution in [-0.2, 0) is 11.2 Å². The number of amides is 1. The molecule has 1 aromatic heterocycles.